The minimum absolute atomic E-state index is 0.0705. The largest absolute Gasteiger partial charge is 0.323 e. The Morgan fingerprint density at radius 2 is 1.90 bits per heavy atom. The molecule has 0 unspecified atom stereocenters. The van der Waals surface area contributed by atoms with E-state index in [1.807, 2.05) is 0 Å². The van der Waals surface area contributed by atoms with Crippen molar-refractivity contribution in [3.05, 3.63) is 57.3 Å². The molecule has 0 spiro atoms. The zero-order valence-electron chi connectivity index (χ0n) is 10.1. The number of rotatable bonds is 3. The van der Waals surface area contributed by atoms with Crippen molar-refractivity contribution in [3.63, 3.8) is 0 Å². The van der Waals surface area contributed by atoms with Crippen LogP contribution in [0.5, 0.6) is 0 Å². The van der Waals surface area contributed by atoms with Gasteiger partial charge in [-0.1, -0.05) is 27.5 Å². The lowest BCUT2D eigenvalue weighted by atomic mass is 10.1. The number of hydrogen-bond donors (Lipinski definition) is 3. The zero-order chi connectivity index (χ0) is 14.7. The first-order chi connectivity index (χ1) is 9.51. The van der Waals surface area contributed by atoms with Crippen LogP contribution in [0, 0.1) is 5.82 Å². The number of carbonyl (C=O) groups excluding carboxylic acids is 1. The average Bonchev–Trinajstić information content (AvgIpc) is 2.41. The maximum absolute atomic E-state index is 13.7. The lowest BCUT2D eigenvalue weighted by Crippen LogP contribution is -2.17. The summed E-state index contributed by atoms with van der Waals surface area (Å²) < 4.78 is 14.3. The number of hydrazine groups is 1. The fraction of sp³-hybridized carbons (Fsp3) is 0. The first-order valence-corrected chi connectivity index (χ1v) is 6.71. The SMILES string of the molecule is NNc1ccc(Cl)cc1C(=O)Nc1ccc(Br)cc1F. The molecule has 2 rings (SSSR count). The molecule has 0 radical (unpaired) electrons. The van der Waals surface area contributed by atoms with Crippen LogP contribution in [0.3, 0.4) is 0 Å². The van der Waals surface area contributed by atoms with Crippen LogP contribution in [0.2, 0.25) is 5.02 Å². The Bertz CT molecular complexity index is 666. The molecule has 0 aromatic heterocycles. The zero-order valence-corrected chi connectivity index (χ0v) is 12.4. The predicted molar refractivity (Wildman–Crippen MR) is 81.3 cm³/mol. The van der Waals surface area contributed by atoms with Gasteiger partial charge < -0.3 is 10.7 Å². The minimum atomic E-state index is -0.544. The van der Waals surface area contributed by atoms with Crippen molar-refractivity contribution in [2.45, 2.75) is 0 Å². The van der Waals surface area contributed by atoms with E-state index < -0.39 is 11.7 Å². The second kappa shape index (κ2) is 6.21. The van der Waals surface area contributed by atoms with E-state index in [-0.39, 0.29) is 11.3 Å². The molecular formula is C13H10BrClFN3O. The number of nitrogen functional groups attached to an aromatic ring is 1. The van der Waals surface area contributed by atoms with Gasteiger partial charge in [-0.15, -0.1) is 0 Å². The van der Waals surface area contributed by atoms with Crippen LogP contribution in [0.4, 0.5) is 15.8 Å². The topological polar surface area (TPSA) is 67.1 Å². The molecule has 1 amide bonds. The monoisotopic (exact) mass is 357 g/mol. The molecule has 2 aromatic carbocycles. The Kier molecular flexibility index (Phi) is 4.59. The standard InChI is InChI=1S/C13H10BrClFN3O/c14-7-1-3-12(10(16)5-7)18-13(20)9-6-8(15)2-4-11(9)19-17/h1-6,19H,17H2,(H,18,20). The summed E-state index contributed by atoms with van der Waals surface area (Å²) in [4.78, 5) is 12.1. The summed E-state index contributed by atoms with van der Waals surface area (Å²) in [5.74, 6) is 4.27. The highest BCUT2D eigenvalue weighted by Crippen LogP contribution is 2.23. The van der Waals surface area contributed by atoms with Gasteiger partial charge >= 0.3 is 0 Å². The van der Waals surface area contributed by atoms with E-state index >= 15 is 0 Å². The number of benzene rings is 2. The predicted octanol–water partition coefficient (Wildman–Crippen LogP) is 3.78. The van der Waals surface area contributed by atoms with Crippen molar-refractivity contribution in [2.75, 3.05) is 10.7 Å². The number of amides is 1. The van der Waals surface area contributed by atoms with Crippen LogP contribution in [0.25, 0.3) is 0 Å². The van der Waals surface area contributed by atoms with E-state index in [2.05, 4.69) is 26.7 Å². The maximum atomic E-state index is 13.7. The molecular weight excluding hydrogens is 349 g/mol. The van der Waals surface area contributed by atoms with E-state index in [4.69, 9.17) is 17.4 Å². The molecule has 0 atom stereocenters. The van der Waals surface area contributed by atoms with E-state index in [0.29, 0.717) is 15.2 Å². The molecule has 0 aliphatic carbocycles. The molecule has 7 heteroatoms. The third kappa shape index (κ3) is 3.27. The van der Waals surface area contributed by atoms with E-state index in [9.17, 15) is 9.18 Å². The number of halogens is 3. The number of nitrogens with one attached hydrogen (secondary N) is 2. The summed E-state index contributed by atoms with van der Waals surface area (Å²) in [6.45, 7) is 0. The van der Waals surface area contributed by atoms with Crippen molar-refractivity contribution in [1.29, 1.82) is 0 Å². The van der Waals surface area contributed by atoms with Gasteiger partial charge in [0.2, 0.25) is 0 Å². The fourth-order valence-electron chi connectivity index (χ4n) is 1.61. The van der Waals surface area contributed by atoms with Gasteiger partial charge in [0, 0.05) is 9.50 Å². The van der Waals surface area contributed by atoms with Crippen LogP contribution in [-0.2, 0) is 0 Å². The van der Waals surface area contributed by atoms with Gasteiger partial charge in [0.15, 0.2) is 0 Å². The Labute approximate surface area is 128 Å². The molecule has 0 saturated heterocycles. The summed E-state index contributed by atoms with van der Waals surface area (Å²) in [5.41, 5.74) is 3.08. The molecule has 104 valence electrons. The first-order valence-electron chi connectivity index (χ1n) is 5.54. The Hall–Kier alpha value is -1.63. The smallest absolute Gasteiger partial charge is 0.257 e. The highest BCUT2D eigenvalue weighted by molar-refractivity contribution is 9.10. The molecule has 0 aliphatic rings. The summed E-state index contributed by atoms with van der Waals surface area (Å²) in [7, 11) is 0. The Morgan fingerprint density at radius 1 is 1.20 bits per heavy atom. The molecule has 4 nitrogen and oxygen atoms in total. The lowest BCUT2D eigenvalue weighted by Gasteiger charge is -2.11. The number of nitrogens with two attached hydrogens (primary N) is 1. The second-order valence-electron chi connectivity index (χ2n) is 3.91. The van der Waals surface area contributed by atoms with Crippen LogP contribution in [0.1, 0.15) is 10.4 Å². The molecule has 20 heavy (non-hydrogen) atoms. The third-order valence-corrected chi connectivity index (χ3v) is 3.29. The van der Waals surface area contributed by atoms with Gasteiger partial charge in [-0.05, 0) is 36.4 Å². The van der Waals surface area contributed by atoms with Crippen LogP contribution in [0.15, 0.2) is 40.9 Å². The molecule has 0 bridgehead atoms. The summed E-state index contributed by atoms with van der Waals surface area (Å²) in [6, 6.07) is 8.94. The quantitative estimate of drug-likeness (QED) is 0.578. The molecule has 0 fully saturated rings. The summed E-state index contributed by atoms with van der Waals surface area (Å²) in [5, 5.41) is 2.85. The maximum Gasteiger partial charge on any atom is 0.257 e. The van der Waals surface area contributed by atoms with Gasteiger partial charge in [0.1, 0.15) is 5.82 Å². The average molecular weight is 359 g/mol. The van der Waals surface area contributed by atoms with Crippen molar-refractivity contribution in [1.82, 2.24) is 0 Å². The first kappa shape index (κ1) is 14.8. The van der Waals surface area contributed by atoms with Crippen LogP contribution in [-0.4, -0.2) is 5.91 Å². The lowest BCUT2D eigenvalue weighted by molar-refractivity contribution is 0.102. The summed E-state index contributed by atoms with van der Waals surface area (Å²) in [6.07, 6.45) is 0. The van der Waals surface area contributed by atoms with Gasteiger partial charge in [0.25, 0.3) is 5.91 Å². The number of anilines is 2. The molecule has 0 saturated carbocycles. The molecule has 4 N–H and O–H groups in total. The Morgan fingerprint density at radius 3 is 2.55 bits per heavy atom. The molecule has 2 aromatic rings. The normalized spacial score (nSPS) is 10.2. The van der Waals surface area contributed by atoms with Gasteiger partial charge in [-0.2, -0.15) is 0 Å². The van der Waals surface area contributed by atoms with E-state index in [0.717, 1.165) is 0 Å². The minimum Gasteiger partial charge on any atom is -0.323 e. The second-order valence-corrected chi connectivity index (χ2v) is 5.26. The number of carbonyl (C=O) groups is 1. The fourth-order valence-corrected chi connectivity index (χ4v) is 2.12. The number of hydrogen-bond acceptors (Lipinski definition) is 3. The molecule has 0 aliphatic heterocycles. The molecule has 0 heterocycles. The van der Waals surface area contributed by atoms with Gasteiger partial charge in [0.05, 0.1) is 16.9 Å². The highest BCUT2D eigenvalue weighted by atomic mass is 79.9. The van der Waals surface area contributed by atoms with Crippen molar-refractivity contribution in [3.8, 4) is 0 Å². The van der Waals surface area contributed by atoms with Crippen molar-refractivity contribution in [2.24, 2.45) is 5.84 Å². The van der Waals surface area contributed by atoms with E-state index in [1.54, 1.807) is 18.2 Å². The third-order valence-electron chi connectivity index (χ3n) is 2.56. The Balaban J connectivity index is 2.30. The highest BCUT2D eigenvalue weighted by Gasteiger charge is 2.14. The van der Waals surface area contributed by atoms with Crippen LogP contribution < -0.4 is 16.6 Å². The van der Waals surface area contributed by atoms with Crippen molar-refractivity contribution < 1.29 is 9.18 Å². The van der Waals surface area contributed by atoms with E-state index in [1.165, 1.54) is 18.2 Å². The van der Waals surface area contributed by atoms with Gasteiger partial charge in [-0.3, -0.25) is 10.6 Å². The van der Waals surface area contributed by atoms with Gasteiger partial charge in [-0.25, -0.2) is 4.39 Å². The van der Waals surface area contributed by atoms with Crippen molar-refractivity contribution >= 4 is 44.8 Å². The summed E-state index contributed by atoms with van der Waals surface area (Å²) >= 11 is 8.99. The van der Waals surface area contributed by atoms with Crippen LogP contribution >= 0.6 is 27.5 Å².